The molecule has 16 heteroatoms. The third-order valence-corrected chi connectivity index (χ3v) is 10.2. The van der Waals surface area contributed by atoms with Gasteiger partial charge in [-0.25, -0.2) is 4.79 Å². The van der Waals surface area contributed by atoms with Gasteiger partial charge in [-0.15, -0.1) is 0 Å². The summed E-state index contributed by atoms with van der Waals surface area (Å²) in [5, 5.41) is 51.4. The number of aliphatic carboxylic acids is 1. The van der Waals surface area contributed by atoms with E-state index >= 15 is 0 Å². The normalized spacial score (nSPS) is 24.5. The average molecular weight is 754 g/mol. The number of hydrogen-bond acceptors (Lipinski definition) is 12. The molecule has 15 nitrogen and oxygen atoms in total. The molecule has 282 valence electrons. The first kappa shape index (κ1) is 39.5. The van der Waals surface area contributed by atoms with E-state index in [2.05, 4.69) is 0 Å². The molecule has 8 N–H and O–H groups in total. The van der Waals surface area contributed by atoms with Crippen LogP contribution < -0.4 is 15.2 Å². The Balaban J connectivity index is 1.17. The fourth-order valence-electron chi connectivity index (χ4n) is 5.51. The summed E-state index contributed by atoms with van der Waals surface area (Å²) in [6.07, 6.45) is -9.23. The number of nitrogens with two attached hydrogens (primary N) is 1. The lowest BCUT2D eigenvalue weighted by Crippen LogP contribution is -2.71. The summed E-state index contributed by atoms with van der Waals surface area (Å²) < 4.78 is 40.0. The van der Waals surface area contributed by atoms with Gasteiger partial charge >= 0.3 is 19.1 Å². The highest BCUT2D eigenvalue weighted by atomic mass is 31.2. The number of aliphatic hydroxyl groups is 4. The molecule has 1 aliphatic rings. The fraction of sp³-hybridized carbons (Fsp3) is 0.297. The SMILES string of the molecule is C[C@@]1(O)[C@@H](C(N)=O)O[C@@](O)(P(=O)(O)OC[C@@H](OCc2cccc(OCc3cccc(-c4cccc(OCc5ccccc5)c4)c3)c2)C(=O)O)[C@H](O)[C@H]1O. The van der Waals surface area contributed by atoms with Crippen molar-refractivity contribution in [1.82, 2.24) is 0 Å². The number of carbonyl (C=O) groups is 2. The van der Waals surface area contributed by atoms with Crippen molar-refractivity contribution in [2.45, 2.75) is 62.3 Å². The van der Waals surface area contributed by atoms with Crippen LogP contribution in [-0.2, 0) is 48.0 Å². The van der Waals surface area contributed by atoms with Crippen molar-refractivity contribution in [2.24, 2.45) is 5.73 Å². The highest BCUT2D eigenvalue weighted by molar-refractivity contribution is 7.54. The van der Waals surface area contributed by atoms with Crippen LogP contribution in [0.3, 0.4) is 0 Å². The van der Waals surface area contributed by atoms with Crippen LogP contribution in [0.25, 0.3) is 11.1 Å². The Morgan fingerprint density at radius 3 is 1.98 bits per heavy atom. The van der Waals surface area contributed by atoms with Crippen molar-refractivity contribution < 1.29 is 68.1 Å². The molecule has 1 heterocycles. The zero-order valence-corrected chi connectivity index (χ0v) is 29.3. The van der Waals surface area contributed by atoms with Gasteiger partial charge in [0.2, 0.25) is 5.91 Å². The summed E-state index contributed by atoms with van der Waals surface area (Å²) in [4.78, 5) is 34.2. The molecule has 0 bridgehead atoms. The smallest absolute Gasteiger partial charge is 0.390 e. The van der Waals surface area contributed by atoms with E-state index in [1.807, 2.05) is 78.9 Å². The van der Waals surface area contributed by atoms with Crippen molar-refractivity contribution in [3.63, 3.8) is 0 Å². The molecular weight excluding hydrogens is 713 g/mol. The van der Waals surface area contributed by atoms with Crippen LogP contribution in [0.2, 0.25) is 0 Å². The lowest BCUT2D eigenvalue weighted by Gasteiger charge is -2.49. The van der Waals surface area contributed by atoms with Crippen molar-refractivity contribution >= 4 is 19.5 Å². The van der Waals surface area contributed by atoms with Crippen molar-refractivity contribution in [3.05, 3.63) is 120 Å². The van der Waals surface area contributed by atoms with Gasteiger partial charge in [-0.2, -0.15) is 0 Å². The summed E-state index contributed by atoms with van der Waals surface area (Å²) in [6, 6.07) is 32.0. The van der Waals surface area contributed by atoms with Crippen LogP contribution in [0.15, 0.2) is 103 Å². The average Bonchev–Trinajstić information content (AvgIpc) is 3.14. The van der Waals surface area contributed by atoms with Gasteiger partial charge in [-0.1, -0.05) is 72.8 Å². The maximum Gasteiger partial charge on any atom is 0.390 e. The highest BCUT2D eigenvalue weighted by Gasteiger charge is 2.68. The molecule has 1 saturated heterocycles. The molecule has 0 saturated carbocycles. The van der Waals surface area contributed by atoms with Gasteiger partial charge in [0.15, 0.2) is 12.2 Å². The van der Waals surface area contributed by atoms with E-state index < -0.39 is 61.6 Å². The number of carbonyl (C=O) groups excluding carboxylic acids is 1. The van der Waals surface area contributed by atoms with Crippen LogP contribution in [0.5, 0.6) is 11.5 Å². The number of aliphatic hydroxyl groups excluding tert-OH is 2. The van der Waals surface area contributed by atoms with E-state index in [1.54, 1.807) is 24.3 Å². The van der Waals surface area contributed by atoms with Gasteiger partial charge in [0.25, 0.3) is 0 Å². The molecule has 5 rings (SSSR count). The van der Waals surface area contributed by atoms with Gasteiger partial charge in [0.1, 0.15) is 42.5 Å². The molecule has 1 aliphatic heterocycles. The molecule has 4 aromatic carbocycles. The summed E-state index contributed by atoms with van der Waals surface area (Å²) in [7, 11) is -5.65. The summed E-state index contributed by atoms with van der Waals surface area (Å²) >= 11 is 0. The Hall–Kier alpha value is -4.67. The number of ether oxygens (including phenoxy) is 4. The van der Waals surface area contributed by atoms with Gasteiger partial charge in [0.05, 0.1) is 13.2 Å². The number of hydrogen-bond donors (Lipinski definition) is 7. The highest BCUT2D eigenvalue weighted by Crippen LogP contribution is 2.59. The number of rotatable bonds is 16. The van der Waals surface area contributed by atoms with Gasteiger partial charge in [-0.05, 0) is 65.1 Å². The Bertz CT molecular complexity index is 1940. The fourth-order valence-corrected chi connectivity index (χ4v) is 6.75. The van der Waals surface area contributed by atoms with E-state index in [0.29, 0.717) is 17.9 Å². The van der Waals surface area contributed by atoms with Crippen molar-refractivity contribution in [1.29, 1.82) is 0 Å². The first-order chi connectivity index (χ1) is 25.1. The molecular formula is C37H40NO14P. The first-order valence-electron chi connectivity index (χ1n) is 16.3. The second-order valence-electron chi connectivity index (χ2n) is 12.6. The van der Waals surface area contributed by atoms with E-state index in [0.717, 1.165) is 34.9 Å². The minimum Gasteiger partial charge on any atom is -0.489 e. The topological polar surface area (TPSA) is 245 Å². The lowest BCUT2D eigenvalue weighted by molar-refractivity contribution is -0.329. The lowest BCUT2D eigenvalue weighted by atomic mass is 9.85. The number of amides is 1. The van der Waals surface area contributed by atoms with Crippen LogP contribution >= 0.6 is 7.60 Å². The van der Waals surface area contributed by atoms with Crippen LogP contribution in [-0.4, -0.2) is 84.5 Å². The molecule has 1 fully saturated rings. The number of carboxylic acid groups (broad SMARTS) is 1. The predicted octanol–water partition coefficient (Wildman–Crippen LogP) is 2.69. The van der Waals surface area contributed by atoms with Crippen molar-refractivity contribution in [3.8, 4) is 22.6 Å². The Morgan fingerprint density at radius 1 is 0.792 bits per heavy atom. The third-order valence-electron chi connectivity index (χ3n) is 8.54. The second-order valence-corrected chi connectivity index (χ2v) is 14.5. The zero-order valence-electron chi connectivity index (χ0n) is 28.4. The number of primary amides is 1. The summed E-state index contributed by atoms with van der Waals surface area (Å²) in [6.45, 7) is 0.0252. The molecule has 0 aromatic heterocycles. The van der Waals surface area contributed by atoms with Gasteiger partial charge < -0.3 is 59.6 Å². The standard InChI is InChI=1S/C37H40NO14P/c1-36(44)31(39)32(40)37(45,52-33(36)34(38)41)53(46,47)51-22-30(35(42)43)50-21-25-11-6-14-28(17-25)49-20-24-10-5-12-26(16-24)27-13-7-15-29(18-27)48-19-23-8-3-2-4-9-23/h2-18,30-33,39-40,44-45H,19-22H2,1H3,(H2,38,41)(H,42,43)(H,46,47)/t30-,31-,32-,33-,36+,37-/m1/s1. The van der Waals surface area contributed by atoms with Crippen LogP contribution in [0.1, 0.15) is 23.6 Å². The third kappa shape index (κ3) is 9.29. The van der Waals surface area contributed by atoms with Crippen LogP contribution in [0.4, 0.5) is 0 Å². The van der Waals surface area contributed by atoms with E-state index in [1.165, 1.54) is 0 Å². The Labute approximate surface area is 304 Å². The van der Waals surface area contributed by atoms with Gasteiger partial charge in [0, 0.05) is 0 Å². The quantitative estimate of drug-likeness (QED) is 0.0814. The molecule has 53 heavy (non-hydrogen) atoms. The summed E-state index contributed by atoms with van der Waals surface area (Å²) in [5.74, 6) is -1.88. The molecule has 0 aliphatic carbocycles. The number of benzene rings is 4. The molecule has 1 unspecified atom stereocenters. The molecule has 4 aromatic rings. The molecule has 0 spiro atoms. The largest absolute Gasteiger partial charge is 0.489 e. The van der Waals surface area contributed by atoms with E-state index in [9.17, 15) is 44.6 Å². The van der Waals surface area contributed by atoms with Crippen molar-refractivity contribution in [2.75, 3.05) is 6.61 Å². The minimum absolute atomic E-state index is 0.206. The maximum atomic E-state index is 13.0. The molecule has 7 atom stereocenters. The summed E-state index contributed by atoms with van der Waals surface area (Å²) in [5.41, 5.74) is 3.22. The second kappa shape index (κ2) is 16.6. The van der Waals surface area contributed by atoms with Gasteiger partial charge in [-0.3, -0.25) is 9.36 Å². The monoisotopic (exact) mass is 753 g/mol. The minimum atomic E-state index is -5.65. The molecule has 1 amide bonds. The first-order valence-corrected chi connectivity index (χ1v) is 17.9. The van der Waals surface area contributed by atoms with Crippen LogP contribution in [0, 0.1) is 0 Å². The van der Waals surface area contributed by atoms with E-state index in [-0.39, 0.29) is 13.2 Å². The Kier molecular flexibility index (Phi) is 12.4. The maximum absolute atomic E-state index is 13.0. The predicted molar refractivity (Wildman–Crippen MR) is 187 cm³/mol. The van der Waals surface area contributed by atoms with E-state index in [4.69, 9.17) is 29.2 Å². The number of carboxylic acids is 1. The zero-order chi connectivity index (χ0) is 38.4. The Morgan fingerprint density at radius 2 is 1.34 bits per heavy atom. The molecule has 0 radical (unpaired) electrons.